The standard InChI is InChI=1S/C14H20ClN3O2/c1-4-18(5-2)13(19)9-17(3)14(20)11-7-6-10(16)8-12(11)15/h6-8H,4-5,9,16H2,1-3H3. The van der Waals surface area contributed by atoms with E-state index in [1.807, 2.05) is 13.8 Å². The van der Waals surface area contributed by atoms with Crippen LogP contribution in [-0.2, 0) is 4.79 Å². The first-order chi connectivity index (χ1) is 9.40. The van der Waals surface area contributed by atoms with Gasteiger partial charge in [-0.25, -0.2) is 0 Å². The van der Waals surface area contributed by atoms with Crippen molar-refractivity contribution in [3.05, 3.63) is 28.8 Å². The highest BCUT2D eigenvalue weighted by atomic mass is 35.5. The van der Waals surface area contributed by atoms with E-state index < -0.39 is 0 Å². The first kappa shape index (κ1) is 16.3. The van der Waals surface area contributed by atoms with Crippen molar-refractivity contribution in [3.8, 4) is 0 Å². The van der Waals surface area contributed by atoms with Crippen LogP contribution in [0.15, 0.2) is 18.2 Å². The Labute approximate surface area is 124 Å². The van der Waals surface area contributed by atoms with E-state index in [9.17, 15) is 9.59 Å². The largest absolute Gasteiger partial charge is 0.399 e. The Morgan fingerprint density at radius 1 is 1.25 bits per heavy atom. The maximum absolute atomic E-state index is 12.2. The molecule has 2 N–H and O–H groups in total. The first-order valence-corrected chi connectivity index (χ1v) is 6.86. The summed E-state index contributed by atoms with van der Waals surface area (Å²) in [6, 6.07) is 4.70. The van der Waals surface area contributed by atoms with Crippen molar-refractivity contribution in [2.45, 2.75) is 13.8 Å². The van der Waals surface area contributed by atoms with Crippen LogP contribution in [0.4, 0.5) is 5.69 Å². The molecule has 5 nitrogen and oxygen atoms in total. The number of anilines is 1. The lowest BCUT2D eigenvalue weighted by atomic mass is 10.2. The van der Waals surface area contributed by atoms with Gasteiger partial charge in [0.05, 0.1) is 17.1 Å². The second-order valence-electron chi connectivity index (χ2n) is 4.47. The molecule has 1 aromatic rings. The zero-order chi connectivity index (χ0) is 15.3. The minimum Gasteiger partial charge on any atom is -0.399 e. The topological polar surface area (TPSA) is 66.6 Å². The molecular weight excluding hydrogens is 278 g/mol. The summed E-state index contributed by atoms with van der Waals surface area (Å²) in [5.41, 5.74) is 6.43. The van der Waals surface area contributed by atoms with Gasteiger partial charge in [-0.2, -0.15) is 0 Å². The van der Waals surface area contributed by atoms with E-state index in [1.165, 1.54) is 11.0 Å². The first-order valence-electron chi connectivity index (χ1n) is 6.48. The Morgan fingerprint density at radius 3 is 2.35 bits per heavy atom. The Kier molecular flexibility index (Phi) is 5.82. The van der Waals surface area contributed by atoms with Crippen molar-refractivity contribution >= 4 is 29.1 Å². The van der Waals surface area contributed by atoms with Crippen molar-refractivity contribution in [3.63, 3.8) is 0 Å². The highest BCUT2D eigenvalue weighted by molar-refractivity contribution is 6.34. The van der Waals surface area contributed by atoms with Crippen LogP contribution in [0.25, 0.3) is 0 Å². The van der Waals surface area contributed by atoms with Gasteiger partial charge in [0.2, 0.25) is 5.91 Å². The van der Waals surface area contributed by atoms with Crippen LogP contribution in [0.2, 0.25) is 5.02 Å². The highest BCUT2D eigenvalue weighted by Crippen LogP contribution is 2.20. The zero-order valence-corrected chi connectivity index (χ0v) is 12.8. The van der Waals surface area contributed by atoms with Gasteiger partial charge in [-0.3, -0.25) is 9.59 Å². The maximum Gasteiger partial charge on any atom is 0.255 e. The molecule has 0 heterocycles. The summed E-state index contributed by atoms with van der Waals surface area (Å²) < 4.78 is 0. The normalized spacial score (nSPS) is 10.2. The summed E-state index contributed by atoms with van der Waals surface area (Å²) in [6.45, 7) is 5.08. The van der Waals surface area contributed by atoms with Gasteiger partial charge in [-0.05, 0) is 32.0 Å². The molecule has 1 rings (SSSR count). The molecule has 0 bridgehead atoms. The fourth-order valence-electron chi connectivity index (χ4n) is 1.86. The van der Waals surface area contributed by atoms with E-state index in [1.54, 1.807) is 24.1 Å². The molecule has 6 heteroatoms. The molecule has 0 spiro atoms. The molecule has 1 aromatic carbocycles. The number of carbonyl (C=O) groups excluding carboxylic acids is 2. The van der Waals surface area contributed by atoms with Gasteiger partial charge < -0.3 is 15.5 Å². The van der Waals surface area contributed by atoms with E-state index in [0.717, 1.165) is 0 Å². The number of nitrogens with two attached hydrogens (primary N) is 1. The average Bonchev–Trinajstić information content (AvgIpc) is 2.39. The van der Waals surface area contributed by atoms with Crippen LogP contribution in [0, 0.1) is 0 Å². The van der Waals surface area contributed by atoms with Gasteiger partial charge in [0.1, 0.15) is 0 Å². The van der Waals surface area contributed by atoms with Crippen LogP contribution < -0.4 is 5.73 Å². The predicted octanol–water partition coefficient (Wildman–Crippen LogP) is 1.86. The quantitative estimate of drug-likeness (QED) is 0.844. The number of halogens is 1. The molecule has 20 heavy (non-hydrogen) atoms. The minimum absolute atomic E-state index is 0.0290. The van der Waals surface area contributed by atoms with Crippen molar-refractivity contribution in [2.24, 2.45) is 0 Å². The Hall–Kier alpha value is -1.75. The summed E-state index contributed by atoms with van der Waals surface area (Å²) in [7, 11) is 1.58. The molecule has 0 fully saturated rings. The van der Waals surface area contributed by atoms with Gasteiger partial charge in [-0.1, -0.05) is 11.6 Å². The molecule has 2 amide bonds. The number of hydrogen-bond acceptors (Lipinski definition) is 3. The average molecular weight is 298 g/mol. The molecule has 0 aliphatic rings. The van der Waals surface area contributed by atoms with E-state index in [2.05, 4.69) is 0 Å². The molecule has 0 radical (unpaired) electrons. The van der Waals surface area contributed by atoms with Crippen molar-refractivity contribution in [1.82, 2.24) is 9.80 Å². The lowest BCUT2D eigenvalue weighted by molar-refractivity contribution is -0.131. The SMILES string of the molecule is CCN(CC)C(=O)CN(C)C(=O)c1ccc(N)cc1Cl. The molecule has 0 saturated heterocycles. The second-order valence-corrected chi connectivity index (χ2v) is 4.87. The molecule has 0 aromatic heterocycles. The van der Waals surface area contributed by atoms with E-state index in [4.69, 9.17) is 17.3 Å². The van der Waals surface area contributed by atoms with E-state index >= 15 is 0 Å². The summed E-state index contributed by atoms with van der Waals surface area (Å²) >= 11 is 6.00. The highest BCUT2D eigenvalue weighted by Gasteiger charge is 2.19. The van der Waals surface area contributed by atoms with Gasteiger partial charge in [0, 0.05) is 25.8 Å². The Morgan fingerprint density at radius 2 is 1.85 bits per heavy atom. The fraction of sp³-hybridized carbons (Fsp3) is 0.429. The summed E-state index contributed by atoms with van der Waals surface area (Å²) in [5.74, 6) is -0.382. The van der Waals surface area contributed by atoms with Crippen molar-refractivity contribution in [1.29, 1.82) is 0 Å². The summed E-state index contributed by atoms with van der Waals surface area (Å²) in [4.78, 5) is 27.2. The van der Waals surface area contributed by atoms with E-state index in [-0.39, 0.29) is 23.4 Å². The molecule has 0 atom stereocenters. The molecule has 0 aliphatic heterocycles. The molecule has 0 aliphatic carbocycles. The second kappa shape index (κ2) is 7.14. The fourth-order valence-corrected chi connectivity index (χ4v) is 2.13. The lowest BCUT2D eigenvalue weighted by Crippen LogP contribution is -2.41. The number of nitrogens with zero attached hydrogens (tertiary/aromatic N) is 2. The number of benzene rings is 1. The van der Waals surface area contributed by atoms with Gasteiger partial charge in [0.25, 0.3) is 5.91 Å². The molecule has 0 saturated carbocycles. The maximum atomic E-state index is 12.2. The van der Waals surface area contributed by atoms with Gasteiger partial charge >= 0.3 is 0 Å². The summed E-state index contributed by atoms with van der Waals surface area (Å²) in [6.07, 6.45) is 0. The number of nitrogen functional groups attached to an aromatic ring is 1. The van der Waals surface area contributed by atoms with Crippen LogP contribution in [-0.4, -0.2) is 48.3 Å². The van der Waals surface area contributed by atoms with Gasteiger partial charge in [-0.15, -0.1) is 0 Å². The Bertz CT molecular complexity index is 501. The number of amides is 2. The molecule has 110 valence electrons. The van der Waals surface area contributed by atoms with Crippen LogP contribution in [0.1, 0.15) is 24.2 Å². The molecule has 0 unspecified atom stereocenters. The number of rotatable bonds is 5. The number of likely N-dealkylation sites (N-methyl/N-ethyl adjacent to an activating group) is 2. The van der Waals surface area contributed by atoms with Crippen LogP contribution in [0.3, 0.4) is 0 Å². The van der Waals surface area contributed by atoms with E-state index in [0.29, 0.717) is 24.3 Å². The smallest absolute Gasteiger partial charge is 0.255 e. The van der Waals surface area contributed by atoms with Crippen molar-refractivity contribution < 1.29 is 9.59 Å². The Balaban J connectivity index is 2.79. The predicted molar refractivity (Wildman–Crippen MR) is 80.8 cm³/mol. The van der Waals surface area contributed by atoms with Crippen LogP contribution in [0.5, 0.6) is 0 Å². The monoisotopic (exact) mass is 297 g/mol. The third kappa shape index (κ3) is 3.87. The number of carbonyl (C=O) groups is 2. The van der Waals surface area contributed by atoms with Gasteiger partial charge in [0.15, 0.2) is 0 Å². The third-order valence-electron chi connectivity index (χ3n) is 3.06. The van der Waals surface area contributed by atoms with Crippen LogP contribution >= 0.6 is 11.6 Å². The number of hydrogen-bond donors (Lipinski definition) is 1. The minimum atomic E-state index is -0.296. The third-order valence-corrected chi connectivity index (χ3v) is 3.37. The lowest BCUT2D eigenvalue weighted by Gasteiger charge is -2.23. The van der Waals surface area contributed by atoms with Crippen molar-refractivity contribution in [2.75, 3.05) is 32.4 Å². The zero-order valence-electron chi connectivity index (χ0n) is 12.0. The molecular formula is C14H20ClN3O2. The summed E-state index contributed by atoms with van der Waals surface area (Å²) in [5, 5.41) is 0.289.